The maximum atomic E-state index is 12.0. The maximum absolute atomic E-state index is 12.0. The van der Waals surface area contributed by atoms with Crippen molar-refractivity contribution >= 4 is 17.7 Å². The summed E-state index contributed by atoms with van der Waals surface area (Å²) in [6, 6.07) is 6.02. The van der Waals surface area contributed by atoms with Gasteiger partial charge in [0.15, 0.2) is 0 Å². The van der Waals surface area contributed by atoms with Crippen LogP contribution in [0.1, 0.15) is 30.6 Å². The Balaban J connectivity index is 1.98. The molecule has 1 heterocycles. The number of carbonyl (C=O) groups is 2. The van der Waals surface area contributed by atoms with E-state index in [1.165, 1.54) is 12.1 Å². The summed E-state index contributed by atoms with van der Waals surface area (Å²) in [5.41, 5.74) is 0.991. The summed E-state index contributed by atoms with van der Waals surface area (Å²) in [7, 11) is 0. The number of hydrogen-bond donors (Lipinski definition) is 2. The number of hydrogen-bond acceptors (Lipinski definition) is 2. The van der Waals surface area contributed by atoms with Crippen LogP contribution in [0, 0.1) is 5.41 Å². The Morgan fingerprint density at radius 3 is 2.37 bits per heavy atom. The molecule has 5 nitrogen and oxygen atoms in total. The summed E-state index contributed by atoms with van der Waals surface area (Å²) in [5, 5.41) is 11.6. The van der Waals surface area contributed by atoms with Gasteiger partial charge in [-0.05, 0) is 36.1 Å². The molecule has 0 saturated carbocycles. The fraction of sp³-hybridized carbons (Fsp3) is 0.429. The number of carbonyl (C=O) groups excluding carboxylic acids is 1. The van der Waals surface area contributed by atoms with Gasteiger partial charge in [-0.3, -0.25) is 0 Å². The minimum Gasteiger partial charge on any atom is -0.478 e. The number of nitrogens with zero attached hydrogens (tertiary/aromatic N) is 1. The van der Waals surface area contributed by atoms with Gasteiger partial charge in [-0.1, -0.05) is 13.8 Å². The van der Waals surface area contributed by atoms with E-state index in [0.29, 0.717) is 5.69 Å². The summed E-state index contributed by atoms with van der Waals surface area (Å²) in [4.78, 5) is 24.5. The molecule has 5 heteroatoms. The lowest BCUT2D eigenvalue weighted by molar-refractivity contribution is 0.0697. The standard InChI is InChI=1S/C14H18N2O3/c1-14(2)7-8-16(9-14)13(19)15-11-5-3-10(4-6-11)12(17)18/h3-6H,7-9H2,1-2H3,(H,15,19)(H,17,18). The van der Waals surface area contributed by atoms with Crippen molar-refractivity contribution in [1.82, 2.24) is 4.90 Å². The Morgan fingerprint density at radius 2 is 1.89 bits per heavy atom. The average molecular weight is 262 g/mol. The minimum atomic E-state index is -0.973. The molecule has 0 aliphatic carbocycles. The van der Waals surface area contributed by atoms with Crippen molar-refractivity contribution < 1.29 is 14.7 Å². The molecule has 2 rings (SSSR count). The number of amides is 2. The first-order valence-corrected chi connectivity index (χ1v) is 6.27. The Hall–Kier alpha value is -2.04. The van der Waals surface area contributed by atoms with Crippen LogP contribution >= 0.6 is 0 Å². The molecule has 1 saturated heterocycles. The van der Waals surface area contributed by atoms with Crippen LogP contribution in [0.2, 0.25) is 0 Å². The predicted molar refractivity (Wildman–Crippen MR) is 72.4 cm³/mol. The number of urea groups is 1. The number of aromatic carboxylic acids is 1. The van der Waals surface area contributed by atoms with Crippen molar-refractivity contribution in [3.63, 3.8) is 0 Å². The van der Waals surface area contributed by atoms with E-state index in [0.717, 1.165) is 19.5 Å². The van der Waals surface area contributed by atoms with E-state index in [1.54, 1.807) is 17.0 Å². The highest BCUT2D eigenvalue weighted by molar-refractivity contribution is 5.91. The molecule has 0 bridgehead atoms. The summed E-state index contributed by atoms with van der Waals surface area (Å²) < 4.78 is 0. The van der Waals surface area contributed by atoms with Crippen molar-refractivity contribution in [2.45, 2.75) is 20.3 Å². The molecule has 1 aromatic carbocycles. The van der Waals surface area contributed by atoms with Crippen LogP contribution in [0.15, 0.2) is 24.3 Å². The molecule has 102 valence electrons. The second-order valence-corrected chi connectivity index (χ2v) is 5.65. The number of carboxylic acid groups (broad SMARTS) is 1. The number of benzene rings is 1. The van der Waals surface area contributed by atoms with E-state index in [4.69, 9.17) is 5.11 Å². The van der Waals surface area contributed by atoms with Gasteiger partial charge in [-0.2, -0.15) is 0 Å². The SMILES string of the molecule is CC1(C)CCN(C(=O)Nc2ccc(C(=O)O)cc2)C1. The summed E-state index contributed by atoms with van der Waals surface area (Å²) in [6.45, 7) is 5.78. The number of nitrogens with one attached hydrogen (secondary N) is 1. The van der Waals surface area contributed by atoms with Gasteiger partial charge in [0.05, 0.1) is 5.56 Å². The van der Waals surface area contributed by atoms with Gasteiger partial charge in [0.25, 0.3) is 0 Å². The van der Waals surface area contributed by atoms with Crippen LogP contribution in [0.3, 0.4) is 0 Å². The van der Waals surface area contributed by atoms with Crippen LogP contribution < -0.4 is 5.32 Å². The van der Waals surface area contributed by atoms with Crippen LogP contribution in [-0.4, -0.2) is 35.1 Å². The second-order valence-electron chi connectivity index (χ2n) is 5.65. The van der Waals surface area contributed by atoms with Crippen LogP contribution in [-0.2, 0) is 0 Å². The fourth-order valence-electron chi connectivity index (χ4n) is 2.18. The Labute approximate surface area is 112 Å². The lowest BCUT2D eigenvalue weighted by Crippen LogP contribution is -2.34. The highest BCUT2D eigenvalue weighted by Gasteiger charge is 2.31. The Kier molecular flexibility index (Phi) is 3.46. The number of likely N-dealkylation sites (tertiary alicyclic amines) is 1. The van der Waals surface area contributed by atoms with Crippen molar-refractivity contribution in [3.05, 3.63) is 29.8 Å². The Bertz CT molecular complexity index is 494. The van der Waals surface area contributed by atoms with Gasteiger partial charge in [0.2, 0.25) is 0 Å². The molecule has 0 aromatic heterocycles. The van der Waals surface area contributed by atoms with E-state index in [9.17, 15) is 9.59 Å². The first-order valence-electron chi connectivity index (χ1n) is 6.27. The molecule has 2 N–H and O–H groups in total. The topological polar surface area (TPSA) is 69.6 Å². The van der Waals surface area contributed by atoms with Gasteiger partial charge < -0.3 is 15.3 Å². The molecule has 2 amide bonds. The second kappa shape index (κ2) is 4.91. The molecule has 0 spiro atoms. The quantitative estimate of drug-likeness (QED) is 0.860. The van der Waals surface area contributed by atoms with Gasteiger partial charge >= 0.3 is 12.0 Å². The number of carboxylic acids is 1. The van der Waals surface area contributed by atoms with Crippen LogP contribution in [0.4, 0.5) is 10.5 Å². The largest absolute Gasteiger partial charge is 0.478 e. The average Bonchev–Trinajstić information content (AvgIpc) is 2.70. The molecule has 19 heavy (non-hydrogen) atoms. The van der Waals surface area contributed by atoms with Gasteiger partial charge in [-0.15, -0.1) is 0 Å². The molecule has 1 aliphatic heterocycles. The monoisotopic (exact) mass is 262 g/mol. The van der Waals surface area contributed by atoms with Crippen molar-refractivity contribution in [3.8, 4) is 0 Å². The third-order valence-corrected chi connectivity index (χ3v) is 3.35. The third kappa shape index (κ3) is 3.24. The smallest absolute Gasteiger partial charge is 0.335 e. The van der Waals surface area contributed by atoms with Crippen molar-refractivity contribution in [2.24, 2.45) is 5.41 Å². The van der Waals surface area contributed by atoms with Gasteiger partial charge in [0.1, 0.15) is 0 Å². The third-order valence-electron chi connectivity index (χ3n) is 3.35. The zero-order valence-corrected chi connectivity index (χ0v) is 11.1. The minimum absolute atomic E-state index is 0.131. The van der Waals surface area contributed by atoms with E-state index >= 15 is 0 Å². The summed E-state index contributed by atoms with van der Waals surface area (Å²) in [5.74, 6) is -0.973. The number of rotatable bonds is 2. The normalized spacial score (nSPS) is 17.3. The molecule has 0 unspecified atom stereocenters. The fourth-order valence-corrected chi connectivity index (χ4v) is 2.18. The van der Waals surface area contributed by atoms with E-state index in [1.807, 2.05) is 0 Å². The molecule has 1 aromatic rings. The van der Waals surface area contributed by atoms with Crippen molar-refractivity contribution in [2.75, 3.05) is 18.4 Å². The molecular weight excluding hydrogens is 244 g/mol. The molecule has 0 radical (unpaired) electrons. The van der Waals surface area contributed by atoms with Gasteiger partial charge in [-0.25, -0.2) is 9.59 Å². The van der Waals surface area contributed by atoms with Crippen LogP contribution in [0.25, 0.3) is 0 Å². The Morgan fingerprint density at radius 1 is 1.26 bits per heavy atom. The molecule has 1 fully saturated rings. The zero-order chi connectivity index (χ0) is 14.0. The number of anilines is 1. The van der Waals surface area contributed by atoms with Gasteiger partial charge in [0, 0.05) is 18.8 Å². The van der Waals surface area contributed by atoms with E-state index < -0.39 is 5.97 Å². The highest BCUT2D eigenvalue weighted by atomic mass is 16.4. The highest BCUT2D eigenvalue weighted by Crippen LogP contribution is 2.29. The molecule has 1 aliphatic rings. The lowest BCUT2D eigenvalue weighted by atomic mass is 9.93. The molecule has 0 atom stereocenters. The van der Waals surface area contributed by atoms with E-state index in [2.05, 4.69) is 19.2 Å². The first-order chi connectivity index (χ1) is 8.87. The first kappa shape index (κ1) is 13.4. The van der Waals surface area contributed by atoms with E-state index in [-0.39, 0.29) is 17.0 Å². The summed E-state index contributed by atoms with van der Waals surface area (Å²) in [6.07, 6.45) is 0.998. The lowest BCUT2D eigenvalue weighted by Gasteiger charge is -2.20. The summed E-state index contributed by atoms with van der Waals surface area (Å²) >= 11 is 0. The molecular formula is C14H18N2O3. The maximum Gasteiger partial charge on any atom is 0.335 e. The van der Waals surface area contributed by atoms with Crippen LogP contribution in [0.5, 0.6) is 0 Å². The zero-order valence-electron chi connectivity index (χ0n) is 11.1. The van der Waals surface area contributed by atoms with Crippen molar-refractivity contribution in [1.29, 1.82) is 0 Å². The predicted octanol–water partition coefficient (Wildman–Crippen LogP) is 2.65.